The summed E-state index contributed by atoms with van der Waals surface area (Å²) in [5.74, 6) is 0. The van der Waals surface area contributed by atoms with Crippen LogP contribution in [0.15, 0.2) is 22.6 Å². The predicted octanol–water partition coefficient (Wildman–Crippen LogP) is 1.70. The van der Waals surface area contributed by atoms with Crippen molar-refractivity contribution in [3.05, 3.63) is 23.4 Å². The normalized spacial score (nSPS) is 12.4. The van der Waals surface area contributed by atoms with Crippen LogP contribution in [0, 0.1) is 6.92 Å². The van der Waals surface area contributed by atoms with E-state index in [1.54, 1.807) is 6.92 Å². The third-order valence-electron chi connectivity index (χ3n) is 1.70. The van der Waals surface area contributed by atoms with Crippen LogP contribution in [-0.4, -0.2) is 19.9 Å². The van der Waals surface area contributed by atoms with Crippen LogP contribution in [0.1, 0.15) is 18.4 Å². The number of hydrogen-bond donors (Lipinski definition) is 1. The summed E-state index contributed by atoms with van der Waals surface area (Å²) in [6.07, 6.45) is 5.90. The van der Waals surface area contributed by atoms with Gasteiger partial charge in [0.1, 0.15) is 0 Å². The van der Waals surface area contributed by atoms with E-state index < -0.39 is 10.0 Å². The summed E-state index contributed by atoms with van der Waals surface area (Å²) in [6, 6.07) is 0. The van der Waals surface area contributed by atoms with Gasteiger partial charge in [0.15, 0.2) is 4.21 Å². The molecule has 4 nitrogen and oxygen atoms in total. The van der Waals surface area contributed by atoms with Gasteiger partial charge < -0.3 is 0 Å². The van der Waals surface area contributed by atoms with E-state index in [1.165, 1.54) is 17.5 Å². The molecule has 1 aromatic heterocycles. The summed E-state index contributed by atoms with van der Waals surface area (Å²) in [7, 11) is -3.35. The molecule has 0 aliphatic rings. The highest BCUT2D eigenvalue weighted by Crippen LogP contribution is 2.17. The summed E-state index contributed by atoms with van der Waals surface area (Å²) < 4.78 is 26.1. The van der Waals surface area contributed by atoms with E-state index in [-0.39, 0.29) is 4.21 Å². The molecule has 0 radical (unpaired) electrons. The van der Waals surface area contributed by atoms with Crippen LogP contribution in [0.25, 0.3) is 0 Å². The minimum Gasteiger partial charge on any atom is -0.249 e. The minimum absolute atomic E-state index is 0.278. The number of aromatic nitrogens is 1. The smallest absolute Gasteiger partial charge is 0.249 e. The van der Waals surface area contributed by atoms with Crippen molar-refractivity contribution >= 4 is 21.4 Å². The topological polar surface area (TPSA) is 59.1 Å². The summed E-state index contributed by atoms with van der Waals surface area (Å²) in [5.41, 5.74) is 0. The van der Waals surface area contributed by atoms with Gasteiger partial charge in [0.05, 0.1) is 11.2 Å². The fourth-order valence-corrected chi connectivity index (χ4v) is 3.18. The van der Waals surface area contributed by atoms with Crippen LogP contribution < -0.4 is 4.72 Å². The van der Waals surface area contributed by atoms with E-state index in [4.69, 9.17) is 0 Å². The van der Waals surface area contributed by atoms with E-state index >= 15 is 0 Å². The molecule has 84 valence electrons. The van der Waals surface area contributed by atoms with Gasteiger partial charge in [-0.1, -0.05) is 12.2 Å². The van der Waals surface area contributed by atoms with Gasteiger partial charge in [0, 0.05) is 6.54 Å². The zero-order valence-corrected chi connectivity index (χ0v) is 10.4. The maximum Gasteiger partial charge on any atom is 0.251 e. The summed E-state index contributed by atoms with van der Waals surface area (Å²) >= 11 is 1.18. The molecule has 0 aromatic carbocycles. The number of aryl methyl sites for hydroxylation is 1. The third-order valence-corrected chi connectivity index (χ3v) is 4.54. The second kappa shape index (κ2) is 5.39. The Morgan fingerprint density at radius 3 is 2.87 bits per heavy atom. The molecule has 0 aliphatic heterocycles. The molecule has 0 unspecified atom stereocenters. The Kier molecular flexibility index (Phi) is 4.44. The largest absolute Gasteiger partial charge is 0.251 e. The van der Waals surface area contributed by atoms with Gasteiger partial charge in [-0.05, 0) is 20.3 Å². The number of allylic oxidation sites excluding steroid dienone is 1. The average Bonchev–Trinajstić information content (AvgIpc) is 2.60. The molecule has 0 saturated heterocycles. The molecule has 6 heteroatoms. The quantitative estimate of drug-likeness (QED) is 0.635. The lowest BCUT2D eigenvalue weighted by molar-refractivity contribution is 0.584. The molecule has 0 atom stereocenters. The van der Waals surface area contributed by atoms with Crippen molar-refractivity contribution in [1.82, 2.24) is 9.71 Å². The number of nitrogens with one attached hydrogen (secondary N) is 1. The molecular formula is C9H14N2O2S2. The van der Waals surface area contributed by atoms with Crippen molar-refractivity contribution < 1.29 is 8.42 Å². The number of rotatable bonds is 5. The second-order valence-electron chi connectivity index (χ2n) is 2.95. The SMILES string of the molecule is C/C=C/CCNS(=O)(=O)c1cnc(C)s1. The first-order valence-corrected chi connectivity index (χ1v) is 6.89. The number of thiazole rings is 1. The van der Waals surface area contributed by atoms with Crippen molar-refractivity contribution in [2.75, 3.05) is 6.54 Å². The van der Waals surface area contributed by atoms with Crippen LogP contribution in [0.2, 0.25) is 0 Å². The first kappa shape index (κ1) is 12.4. The van der Waals surface area contributed by atoms with E-state index in [2.05, 4.69) is 9.71 Å². The van der Waals surface area contributed by atoms with Crippen LogP contribution in [0.4, 0.5) is 0 Å². The van der Waals surface area contributed by atoms with E-state index in [0.717, 1.165) is 5.01 Å². The maximum atomic E-state index is 11.6. The second-order valence-corrected chi connectivity index (χ2v) is 6.18. The fourth-order valence-electron chi connectivity index (χ4n) is 0.981. The fraction of sp³-hybridized carbons (Fsp3) is 0.444. The lowest BCUT2D eigenvalue weighted by Crippen LogP contribution is -2.23. The highest BCUT2D eigenvalue weighted by Gasteiger charge is 2.15. The minimum atomic E-state index is -3.35. The zero-order chi connectivity index (χ0) is 11.3. The Hall–Kier alpha value is -0.720. The highest BCUT2D eigenvalue weighted by molar-refractivity contribution is 7.91. The van der Waals surface area contributed by atoms with Gasteiger partial charge in [-0.15, -0.1) is 11.3 Å². The summed E-state index contributed by atoms with van der Waals surface area (Å²) in [5, 5.41) is 0.754. The average molecular weight is 246 g/mol. The van der Waals surface area contributed by atoms with Crippen molar-refractivity contribution in [3.8, 4) is 0 Å². The van der Waals surface area contributed by atoms with Gasteiger partial charge in [0.25, 0.3) is 10.0 Å². The van der Waals surface area contributed by atoms with E-state index in [1.807, 2.05) is 19.1 Å². The molecule has 0 spiro atoms. The lowest BCUT2D eigenvalue weighted by atomic mass is 10.4. The van der Waals surface area contributed by atoms with Crippen LogP contribution >= 0.6 is 11.3 Å². The molecule has 1 N–H and O–H groups in total. The Bertz CT molecular complexity index is 435. The number of hydrogen-bond acceptors (Lipinski definition) is 4. The Morgan fingerprint density at radius 1 is 1.60 bits per heavy atom. The van der Waals surface area contributed by atoms with E-state index in [9.17, 15) is 8.42 Å². The Labute approximate surface area is 94.1 Å². The third kappa shape index (κ3) is 3.73. The summed E-state index contributed by atoms with van der Waals surface area (Å²) in [4.78, 5) is 3.91. The van der Waals surface area contributed by atoms with Gasteiger partial charge in [-0.25, -0.2) is 18.1 Å². The van der Waals surface area contributed by atoms with Crippen molar-refractivity contribution in [2.45, 2.75) is 24.5 Å². The lowest BCUT2D eigenvalue weighted by Gasteiger charge is -2.01. The molecule has 0 amide bonds. The number of nitrogens with zero attached hydrogens (tertiary/aromatic N) is 1. The molecule has 1 aromatic rings. The van der Waals surface area contributed by atoms with Gasteiger partial charge >= 0.3 is 0 Å². The maximum absolute atomic E-state index is 11.6. The van der Waals surface area contributed by atoms with Crippen LogP contribution in [-0.2, 0) is 10.0 Å². The molecule has 0 aliphatic carbocycles. The van der Waals surface area contributed by atoms with Crippen molar-refractivity contribution in [1.29, 1.82) is 0 Å². The van der Waals surface area contributed by atoms with Crippen molar-refractivity contribution in [3.63, 3.8) is 0 Å². The van der Waals surface area contributed by atoms with E-state index in [0.29, 0.717) is 13.0 Å². The monoisotopic (exact) mass is 246 g/mol. The predicted molar refractivity (Wildman–Crippen MR) is 61.5 cm³/mol. The van der Waals surface area contributed by atoms with Gasteiger partial charge in [-0.3, -0.25) is 0 Å². The standard InChI is InChI=1S/C9H14N2O2S2/c1-3-4-5-6-11-15(12,13)9-7-10-8(2)14-9/h3-4,7,11H,5-6H2,1-2H3/b4-3+. The van der Waals surface area contributed by atoms with Gasteiger partial charge in [-0.2, -0.15) is 0 Å². The van der Waals surface area contributed by atoms with Crippen molar-refractivity contribution in [2.24, 2.45) is 0 Å². The van der Waals surface area contributed by atoms with Crippen LogP contribution in [0.3, 0.4) is 0 Å². The molecule has 0 saturated carbocycles. The summed E-state index contributed by atoms with van der Waals surface area (Å²) in [6.45, 7) is 4.11. The Balaban J connectivity index is 2.60. The molecule has 1 rings (SSSR count). The first-order valence-electron chi connectivity index (χ1n) is 4.59. The number of sulfonamides is 1. The molecule has 0 bridgehead atoms. The molecular weight excluding hydrogens is 232 g/mol. The first-order chi connectivity index (χ1) is 7.06. The van der Waals surface area contributed by atoms with Gasteiger partial charge in [0.2, 0.25) is 0 Å². The highest BCUT2D eigenvalue weighted by atomic mass is 32.2. The molecule has 0 fully saturated rings. The molecule has 15 heavy (non-hydrogen) atoms. The zero-order valence-electron chi connectivity index (χ0n) is 8.73. The van der Waals surface area contributed by atoms with Crippen LogP contribution in [0.5, 0.6) is 0 Å². The molecule has 1 heterocycles. The Morgan fingerprint density at radius 2 is 2.33 bits per heavy atom.